The Morgan fingerprint density at radius 2 is 0.766 bits per heavy atom. The third-order valence-electron chi connectivity index (χ3n) is 13.1. The SMILES string of the molecule is CC1(C)c2ccccc2-c2ccc(-n3c4ccc(-c5ccc(-c6ccccc6)cc5)cc4c4ccc(-c5nc(-c6ccccc6)nc(-c6ccc(-c7ccccc7)cc6)n5)cc43)cc21. The zero-order chi connectivity index (χ0) is 42.8. The van der Waals surface area contributed by atoms with Crippen molar-refractivity contribution < 1.29 is 0 Å². The quantitative estimate of drug-likeness (QED) is 0.161. The average molecular weight is 819 g/mol. The summed E-state index contributed by atoms with van der Waals surface area (Å²) in [6.07, 6.45) is 0. The van der Waals surface area contributed by atoms with Crippen molar-refractivity contribution in [2.45, 2.75) is 19.3 Å². The summed E-state index contributed by atoms with van der Waals surface area (Å²) in [6.45, 7) is 4.69. The molecule has 0 bridgehead atoms. The van der Waals surface area contributed by atoms with Gasteiger partial charge in [0.05, 0.1) is 11.0 Å². The van der Waals surface area contributed by atoms with Crippen LogP contribution in [-0.2, 0) is 5.41 Å². The van der Waals surface area contributed by atoms with Crippen LogP contribution in [0.15, 0.2) is 218 Å². The second-order valence-electron chi connectivity index (χ2n) is 17.3. The Morgan fingerprint density at radius 1 is 0.312 bits per heavy atom. The molecule has 0 unspecified atom stereocenters. The summed E-state index contributed by atoms with van der Waals surface area (Å²) in [7, 11) is 0. The molecule has 1 aliphatic rings. The highest BCUT2D eigenvalue weighted by Crippen LogP contribution is 2.49. The first-order valence-corrected chi connectivity index (χ1v) is 21.9. The monoisotopic (exact) mass is 818 g/mol. The first kappa shape index (κ1) is 37.5. The maximum absolute atomic E-state index is 5.21. The fraction of sp³-hybridized carbons (Fsp3) is 0.0500. The van der Waals surface area contributed by atoms with Gasteiger partial charge in [0, 0.05) is 38.6 Å². The second kappa shape index (κ2) is 15.0. The van der Waals surface area contributed by atoms with Crippen LogP contribution in [0.2, 0.25) is 0 Å². The lowest BCUT2D eigenvalue weighted by atomic mass is 9.82. The number of rotatable bonds is 7. The van der Waals surface area contributed by atoms with Crippen molar-refractivity contribution in [3.63, 3.8) is 0 Å². The fourth-order valence-electron chi connectivity index (χ4n) is 9.73. The third kappa shape index (κ3) is 6.34. The summed E-state index contributed by atoms with van der Waals surface area (Å²) in [5.41, 5.74) is 18.4. The minimum atomic E-state index is -0.140. The van der Waals surface area contributed by atoms with Gasteiger partial charge in [0.25, 0.3) is 0 Å². The number of hydrogen-bond acceptors (Lipinski definition) is 3. The van der Waals surface area contributed by atoms with Crippen molar-refractivity contribution in [2.75, 3.05) is 0 Å². The topological polar surface area (TPSA) is 43.6 Å². The summed E-state index contributed by atoms with van der Waals surface area (Å²) < 4.78 is 2.43. The number of benzene rings is 9. The highest BCUT2D eigenvalue weighted by atomic mass is 15.0. The molecule has 0 N–H and O–H groups in total. The zero-order valence-electron chi connectivity index (χ0n) is 35.6. The molecule has 0 saturated heterocycles. The van der Waals surface area contributed by atoms with E-state index in [1.807, 2.05) is 24.3 Å². The summed E-state index contributed by atoms with van der Waals surface area (Å²) >= 11 is 0. The average Bonchev–Trinajstić information content (AvgIpc) is 3.81. The van der Waals surface area contributed by atoms with Crippen molar-refractivity contribution in [1.82, 2.24) is 19.5 Å². The third-order valence-corrected chi connectivity index (χ3v) is 13.1. The molecule has 4 nitrogen and oxygen atoms in total. The van der Waals surface area contributed by atoms with Gasteiger partial charge in [0.15, 0.2) is 17.5 Å². The van der Waals surface area contributed by atoms with E-state index in [1.165, 1.54) is 60.8 Å². The molecular formula is C60H42N4. The van der Waals surface area contributed by atoms with Gasteiger partial charge < -0.3 is 4.57 Å². The number of aromatic nitrogens is 4. The number of nitrogens with zero attached hydrogens (tertiary/aromatic N) is 4. The Labute approximate surface area is 372 Å². The van der Waals surface area contributed by atoms with E-state index in [2.05, 4.69) is 213 Å². The van der Waals surface area contributed by atoms with Gasteiger partial charge in [-0.3, -0.25) is 0 Å². The Kier molecular flexibility index (Phi) is 8.80. The minimum Gasteiger partial charge on any atom is -0.309 e. The second-order valence-corrected chi connectivity index (χ2v) is 17.3. The Morgan fingerprint density at radius 3 is 1.39 bits per heavy atom. The van der Waals surface area contributed by atoms with E-state index >= 15 is 0 Å². The number of hydrogen-bond donors (Lipinski definition) is 0. The van der Waals surface area contributed by atoms with Crippen LogP contribution in [-0.4, -0.2) is 19.5 Å². The van der Waals surface area contributed by atoms with Crippen molar-refractivity contribution in [1.29, 1.82) is 0 Å². The lowest BCUT2D eigenvalue weighted by Gasteiger charge is -2.22. The molecule has 0 fully saturated rings. The molecule has 1 aliphatic carbocycles. The lowest BCUT2D eigenvalue weighted by molar-refractivity contribution is 0.660. The summed E-state index contributed by atoms with van der Waals surface area (Å²) in [4.78, 5) is 15.4. The molecule has 12 rings (SSSR count). The summed E-state index contributed by atoms with van der Waals surface area (Å²) in [5.74, 6) is 1.89. The van der Waals surface area contributed by atoms with E-state index < -0.39 is 0 Å². The van der Waals surface area contributed by atoms with Gasteiger partial charge in [-0.15, -0.1) is 0 Å². The largest absolute Gasteiger partial charge is 0.309 e. The maximum atomic E-state index is 5.21. The number of fused-ring (bicyclic) bond motifs is 6. The van der Waals surface area contributed by atoms with Gasteiger partial charge in [-0.05, 0) is 86.0 Å². The molecule has 0 amide bonds. The molecule has 2 heterocycles. The molecule has 0 aliphatic heterocycles. The molecule has 11 aromatic rings. The van der Waals surface area contributed by atoms with E-state index in [4.69, 9.17) is 15.0 Å². The van der Waals surface area contributed by atoms with Gasteiger partial charge >= 0.3 is 0 Å². The van der Waals surface area contributed by atoms with Gasteiger partial charge in [0.2, 0.25) is 0 Å². The predicted molar refractivity (Wildman–Crippen MR) is 264 cm³/mol. The fourth-order valence-corrected chi connectivity index (χ4v) is 9.73. The van der Waals surface area contributed by atoms with Gasteiger partial charge in [-0.25, -0.2) is 15.0 Å². The van der Waals surface area contributed by atoms with Gasteiger partial charge in [-0.1, -0.05) is 202 Å². The smallest absolute Gasteiger partial charge is 0.164 e. The van der Waals surface area contributed by atoms with E-state index in [0.717, 1.165) is 39.0 Å². The van der Waals surface area contributed by atoms with Gasteiger partial charge in [0.1, 0.15) is 0 Å². The van der Waals surface area contributed by atoms with Crippen LogP contribution in [0.1, 0.15) is 25.0 Å². The van der Waals surface area contributed by atoms with Crippen molar-refractivity contribution >= 4 is 21.8 Å². The van der Waals surface area contributed by atoms with Crippen LogP contribution < -0.4 is 0 Å². The molecule has 2 aromatic heterocycles. The first-order valence-electron chi connectivity index (χ1n) is 21.9. The highest BCUT2D eigenvalue weighted by molar-refractivity contribution is 6.11. The van der Waals surface area contributed by atoms with E-state index in [-0.39, 0.29) is 5.41 Å². The van der Waals surface area contributed by atoms with Crippen molar-refractivity contribution in [2.24, 2.45) is 0 Å². The standard InChI is InChI=1S/C60H42N4/c1-60(2)53-21-13-12-20-49(53)50-34-32-48(38-54(50)60)64-55-35-31-46(43-24-22-41(23-25-43)39-14-6-3-7-15-39)36-52(55)51-33-30-47(37-56(51)64)59-62-57(44-18-10-5-11-19-44)61-58(63-59)45-28-26-42(27-29-45)40-16-8-4-9-17-40/h3-38H,1-2H3. The molecule has 302 valence electrons. The molecule has 0 radical (unpaired) electrons. The van der Waals surface area contributed by atoms with E-state index in [1.54, 1.807) is 0 Å². The molecule has 0 saturated carbocycles. The Bertz CT molecular complexity index is 3530. The van der Waals surface area contributed by atoms with Crippen molar-refractivity contribution in [3.05, 3.63) is 230 Å². The van der Waals surface area contributed by atoms with E-state index in [9.17, 15) is 0 Å². The summed E-state index contributed by atoms with van der Waals surface area (Å²) in [5, 5.41) is 2.35. The molecular weight excluding hydrogens is 777 g/mol. The summed E-state index contributed by atoms with van der Waals surface area (Å²) in [6, 6.07) is 78.0. The maximum Gasteiger partial charge on any atom is 0.164 e. The zero-order valence-corrected chi connectivity index (χ0v) is 35.6. The lowest BCUT2D eigenvalue weighted by Crippen LogP contribution is -2.15. The Balaban J connectivity index is 1.03. The minimum absolute atomic E-state index is 0.140. The Hall–Kier alpha value is -8.21. The molecule has 4 heteroatoms. The first-order chi connectivity index (χ1) is 31.5. The van der Waals surface area contributed by atoms with Crippen LogP contribution in [0.3, 0.4) is 0 Å². The van der Waals surface area contributed by atoms with Crippen LogP contribution in [0.25, 0.3) is 106 Å². The van der Waals surface area contributed by atoms with Crippen LogP contribution in [0.5, 0.6) is 0 Å². The van der Waals surface area contributed by atoms with Crippen molar-refractivity contribution in [3.8, 4) is 84.4 Å². The van der Waals surface area contributed by atoms with Gasteiger partial charge in [-0.2, -0.15) is 0 Å². The highest BCUT2D eigenvalue weighted by Gasteiger charge is 2.35. The predicted octanol–water partition coefficient (Wildman–Crippen LogP) is 15.3. The normalized spacial score (nSPS) is 12.7. The molecule has 0 atom stereocenters. The van der Waals surface area contributed by atoms with Crippen LogP contribution in [0.4, 0.5) is 0 Å². The van der Waals surface area contributed by atoms with E-state index in [0.29, 0.717) is 17.5 Å². The molecule has 0 spiro atoms. The van der Waals surface area contributed by atoms with Crippen LogP contribution in [0, 0.1) is 0 Å². The molecule has 9 aromatic carbocycles. The van der Waals surface area contributed by atoms with Crippen LogP contribution >= 0.6 is 0 Å². The molecule has 64 heavy (non-hydrogen) atoms.